The maximum absolute atomic E-state index is 12.7. The number of methoxy groups -OCH3 is 1. The van der Waals surface area contributed by atoms with Crippen molar-refractivity contribution in [2.45, 2.75) is 31.4 Å². The van der Waals surface area contributed by atoms with Crippen molar-refractivity contribution < 1.29 is 19.1 Å². The Morgan fingerprint density at radius 3 is 2.29 bits per heavy atom. The number of benzene rings is 2. The van der Waals surface area contributed by atoms with Crippen LogP contribution < -0.4 is 15.4 Å². The third kappa shape index (κ3) is 7.01. The van der Waals surface area contributed by atoms with E-state index in [2.05, 4.69) is 10.6 Å². The third-order valence-corrected chi connectivity index (χ3v) is 5.56. The molecular weight excluding hydrogens is 463 g/mol. The number of esters is 1. The van der Waals surface area contributed by atoms with Crippen molar-refractivity contribution >= 4 is 47.5 Å². The number of nitrogens with one attached hydrogen (secondary N) is 2. The fourth-order valence-electron chi connectivity index (χ4n) is 3.33. The predicted octanol–water partition coefficient (Wildman–Crippen LogP) is 4.06. The number of carbonyl (C=O) groups is 2. The smallest absolute Gasteiger partial charge is 0.328 e. The molecule has 0 spiro atoms. The summed E-state index contributed by atoms with van der Waals surface area (Å²) in [6, 6.07) is 11.4. The minimum absolute atomic E-state index is 0. The van der Waals surface area contributed by atoms with Crippen molar-refractivity contribution in [1.29, 1.82) is 0 Å². The molecule has 168 valence electrons. The van der Waals surface area contributed by atoms with Crippen LogP contribution in [0.4, 0.5) is 0 Å². The van der Waals surface area contributed by atoms with Crippen LogP contribution >= 0.6 is 35.6 Å². The molecule has 0 unspecified atom stereocenters. The van der Waals surface area contributed by atoms with Crippen molar-refractivity contribution in [2.24, 2.45) is 0 Å². The second kappa shape index (κ2) is 12.2. The molecule has 0 radical (unpaired) electrons. The van der Waals surface area contributed by atoms with Crippen LogP contribution in [0.15, 0.2) is 42.5 Å². The first-order valence-electron chi connectivity index (χ1n) is 9.77. The summed E-state index contributed by atoms with van der Waals surface area (Å²) in [6.07, 6.45) is 2.42. The van der Waals surface area contributed by atoms with Crippen molar-refractivity contribution in [3.8, 4) is 5.75 Å². The highest BCUT2D eigenvalue weighted by Crippen LogP contribution is 2.24. The SMILES string of the molecule is COC(=O)[C@H](Cc1ccc(OC2CCNCC2)cc1)NC(=O)c1c(Cl)cccc1Cl.Cl. The zero-order valence-corrected chi connectivity index (χ0v) is 19.4. The molecule has 31 heavy (non-hydrogen) atoms. The van der Waals surface area contributed by atoms with Crippen molar-refractivity contribution in [3.05, 3.63) is 63.6 Å². The highest BCUT2D eigenvalue weighted by Gasteiger charge is 2.25. The van der Waals surface area contributed by atoms with Gasteiger partial charge in [-0.1, -0.05) is 41.4 Å². The molecular formula is C22H25Cl3N2O4. The first kappa shape index (κ1) is 25.3. The van der Waals surface area contributed by atoms with Gasteiger partial charge >= 0.3 is 5.97 Å². The second-order valence-electron chi connectivity index (χ2n) is 7.06. The topological polar surface area (TPSA) is 76.7 Å². The monoisotopic (exact) mass is 486 g/mol. The summed E-state index contributed by atoms with van der Waals surface area (Å²) in [5.74, 6) is -0.305. The van der Waals surface area contributed by atoms with Crippen LogP contribution in [0, 0.1) is 0 Å². The van der Waals surface area contributed by atoms with Gasteiger partial charge in [-0.2, -0.15) is 0 Å². The van der Waals surface area contributed by atoms with E-state index in [1.807, 2.05) is 24.3 Å². The molecule has 2 aromatic rings. The van der Waals surface area contributed by atoms with E-state index >= 15 is 0 Å². The van der Waals surface area contributed by atoms with Crippen LogP contribution in [-0.4, -0.2) is 44.2 Å². The summed E-state index contributed by atoms with van der Waals surface area (Å²) in [7, 11) is 1.28. The lowest BCUT2D eigenvalue weighted by Gasteiger charge is -2.24. The highest BCUT2D eigenvalue weighted by atomic mass is 35.5. The van der Waals surface area contributed by atoms with Gasteiger partial charge in [0.15, 0.2) is 0 Å². The average Bonchev–Trinajstić information content (AvgIpc) is 2.74. The van der Waals surface area contributed by atoms with E-state index in [1.165, 1.54) is 7.11 Å². The molecule has 0 aliphatic carbocycles. The molecule has 2 aromatic carbocycles. The summed E-state index contributed by atoms with van der Waals surface area (Å²) in [5.41, 5.74) is 0.981. The Balaban J connectivity index is 0.00000341. The third-order valence-electron chi connectivity index (χ3n) is 4.93. The normalized spacial score (nSPS) is 14.8. The summed E-state index contributed by atoms with van der Waals surface area (Å²) < 4.78 is 10.9. The molecule has 1 aliphatic rings. The standard InChI is InChI=1S/C22H24Cl2N2O4.ClH/c1-29-22(28)19(26-21(27)20-17(23)3-2-4-18(20)24)13-14-5-7-15(8-6-14)30-16-9-11-25-12-10-16;/h2-8,16,19,25H,9-13H2,1H3,(H,26,27);1H/t19-;/m0./s1. The molecule has 0 saturated carbocycles. The molecule has 1 atom stereocenters. The van der Waals surface area contributed by atoms with Gasteiger partial charge in [-0.3, -0.25) is 4.79 Å². The molecule has 1 heterocycles. The lowest BCUT2D eigenvalue weighted by atomic mass is 10.0. The van der Waals surface area contributed by atoms with Crippen LogP contribution in [0.2, 0.25) is 10.0 Å². The molecule has 3 rings (SSSR count). The Hall–Kier alpha value is -1.99. The number of halogens is 3. The fourth-order valence-corrected chi connectivity index (χ4v) is 3.90. The Morgan fingerprint density at radius 1 is 1.10 bits per heavy atom. The van der Waals surface area contributed by atoms with E-state index in [-0.39, 0.29) is 40.5 Å². The second-order valence-corrected chi connectivity index (χ2v) is 7.88. The molecule has 1 fully saturated rings. The van der Waals surface area contributed by atoms with E-state index in [9.17, 15) is 9.59 Å². The average molecular weight is 488 g/mol. The van der Waals surface area contributed by atoms with Crippen LogP contribution in [0.3, 0.4) is 0 Å². The molecule has 1 aliphatic heterocycles. The zero-order valence-electron chi connectivity index (χ0n) is 17.0. The van der Waals surface area contributed by atoms with Gasteiger partial charge in [-0.15, -0.1) is 12.4 Å². The Labute approximate surface area is 198 Å². The Kier molecular flexibility index (Phi) is 9.91. The number of hydrogen-bond acceptors (Lipinski definition) is 5. The van der Waals surface area contributed by atoms with Crippen molar-refractivity contribution in [1.82, 2.24) is 10.6 Å². The van der Waals surface area contributed by atoms with Gasteiger partial charge in [0.1, 0.15) is 17.9 Å². The maximum atomic E-state index is 12.7. The lowest BCUT2D eigenvalue weighted by Crippen LogP contribution is -2.43. The van der Waals surface area contributed by atoms with Crippen LogP contribution in [-0.2, 0) is 16.0 Å². The molecule has 1 amide bonds. The molecule has 6 nitrogen and oxygen atoms in total. The largest absolute Gasteiger partial charge is 0.490 e. The summed E-state index contributed by atoms with van der Waals surface area (Å²) in [5, 5.41) is 6.40. The molecule has 2 N–H and O–H groups in total. The van der Waals surface area contributed by atoms with Gasteiger partial charge in [0.05, 0.1) is 22.7 Å². The van der Waals surface area contributed by atoms with Crippen LogP contribution in [0.5, 0.6) is 5.75 Å². The number of piperidine rings is 1. The number of carbonyl (C=O) groups excluding carboxylic acids is 2. The molecule has 9 heteroatoms. The summed E-state index contributed by atoms with van der Waals surface area (Å²) in [4.78, 5) is 24.9. The van der Waals surface area contributed by atoms with Gasteiger partial charge in [0.2, 0.25) is 0 Å². The van der Waals surface area contributed by atoms with Crippen molar-refractivity contribution in [2.75, 3.05) is 20.2 Å². The minimum Gasteiger partial charge on any atom is -0.490 e. The molecule has 0 bridgehead atoms. The number of hydrogen-bond donors (Lipinski definition) is 2. The lowest BCUT2D eigenvalue weighted by molar-refractivity contribution is -0.142. The number of rotatable bonds is 7. The maximum Gasteiger partial charge on any atom is 0.328 e. The highest BCUT2D eigenvalue weighted by molar-refractivity contribution is 6.39. The first-order valence-corrected chi connectivity index (χ1v) is 10.5. The van der Waals surface area contributed by atoms with Gasteiger partial charge in [0.25, 0.3) is 5.91 Å². The number of ether oxygens (including phenoxy) is 2. The van der Waals surface area contributed by atoms with E-state index in [0.717, 1.165) is 37.2 Å². The van der Waals surface area contributed by atoms with E-state index < -0.39 is 17.9 Å². The molecule has 0 aromatic heterocycles. The quantitative estimate of drug-likeness (QED) is 0.576. The van der Waals surface area contributed by atoms with Gasteiger partial charge in [-0.05, 0) is 55.8 Å². The van der Waals surface area contributed by atoms with Gasteiger partial charge < -0.3 is 20.1 Å². The van der Waals surface area contributed by atoms with Crippen LogP contribution in [0.1, 0.15) is 28.8 Å². The van der Waals surface area contributed by atoms with Crippen LogP contribution in [0.25, 0.3) is 0 Å². The fraction of sp³-hybridized carbons (Fsp3) is 0.364. The Morgan fingerprint density at radius 2 is 1.71 bits per heavy atom. The minimum atomic E-state index is -0.883. The molecule has 1 saturated heterocycles. The predicted molar refractivity (Wildman–Crippen MR) is 124 cm³/mol. The zero-order chi connectivity index (χ0) is 21.5. The van der Waals surface area contributed by atoms with Gasteiger partial charge in [0, 0.05) is 6.42 Å². The summed E-state index contributed by atoms with van der Waals surface area (Å²) in [6.45, 7) is 1.91. The summed E-state index contributed by atoms with van der Waals surface area (Å²) >= 11 is 12.2. The van der Waals surface area contributed by atoms with Gasteiger partial charge in [-0.25, -0.2) is 4.79 Å². The first-order chi connectivity index (χ1) is 14.5. The van der Waals surface area contributed by atoms with Crippen molar-refractivity contribution in [3.63, 3.8) is 0 Å². The Bertz CT molecular complexity index is 867. The van der Waals surface area contributed by atoms with E-state index in [0.29, 0.717) is 0 Å². The van der Waals surface area contributed by atoms with E-state index in [1.54, 1.807) is 18.2 Å². The number of amides is 1. The van der Waals surface area contributed by atoms with E-state index in [4.69, 9.17) is 32.7 Å².